The number of carbonyl (C=O) groups excluding carboxylic acids is 2. The molecule has 3 rings (SSSR count). The van der Waals surface area contributed by atoms with Gasteiger partial charge in [0.05, 0.1) is 10.0 Å². The van der Waals surface area contributed by atoms with Crippen molar-refractivity contribution in [1.82, 2.24) is 10.2 Å². The van der Waals surface area contributed by atoms with E-state index >= 15 is 0 Å². The first-order valence-electron chi connectivity index (χ1n) is 8.40. The Labute approximate surface area is 162 Å². The number of rotatable bonds is 3. The highest BCUT2D eigenvalue weighted by atomic mass is 35.5. The van der Waals surface area contributed by atoms with Crippen LogP contribution < -0.4 is 10.6 Å². The first kappa shape index (κ1) is 18.5. The lowest BCUT2D eigenvalue weighted by Crippen LogP contribution is -2.47. The molecule has 3 amide bonds. The van der Waals surface area contributed by atoms with Gasteiger partial charge in [-0.3, -0.25) is 4.79 Å². The van der Waals surface area contributed by atoms with Crippen LogP contribution in [0.25, 0.3) is 0 Å². The van der Waals surface area contributed by atoms with Gasteiger partial charge in [-0.25, -0.2) is 4.79 Å². The highest BCUT2D eigenvalue weighted by molar-refractivity contribution is 6.42. The van der Waals surface area contributed by atoms with Gasteiger partial charge in [-0.2, -0.15) is 0 Å². The van der Waals surface area contributed by atoms with Gasteiger partial charge in [0.1, 0.15) is 0 Å². The van der Waals surface area contributed by atoms with Crippen LogP contribution in [0.1, 0.15) is 23.2 Å². The Kier molecular flexibility index (Phi) is 6.01. The molecule has 0 bridgehead atoms. The van der Waals surface area contributed by atoms with Crippen molar-refractivity contribution < 1.29 is 9.59 Å². The molecule has 26 heavy (non-hydrogen) atoms. The van der Waals surface area contributed by atoms with Crippen LogP contribution in [-0.2, 0) is 0 Å². The van der Waals surface area contributed by atoms with Crippen molar-refractivity contribution in [3.63, 3.8) is 0 Å². The predicted octanol–water partition coefficient (Wildman–Crippen LogP) is 4.42. The van der Waals surface area contributed by atoms with E-state index in [2.05, 4.69) is 10.6 Å². The van der Waals surface area contributed by atoms with Crippen LogP contribution in [-0.4, -0.2) is 36.0 Å². The molecule has 0 radical (unpaired) electrons. The molecule has 2 aromatic carbocycles. The van der Waals surface area contributed by atoms with Crippen molar-refractivity contribution in [1.29, 1.82) is 0 Å². The Morgan fingerprint density at radius 3 is 2.31 bits per heavy atom. The molecule has 0 unspecified atom stereocenters. The number of nitrogens with zero attached hydrogens (tertiary/aromatic N) is 1. The van der Waals surface area contributed by atoms with Crippen molar-refractivity contribution in [3.05, 3.63) is 64.1 Å². The number of carbonyl (C=O) groups is 2. The molecule has 0 aromatic heterocycles. The number of hydrogen-bond donors (Lipinski definition) is 2. The number of hydrogen-bond acceptors (Lipinski definition) is 2. The number of anilines is 1. The van der Waals surface area contributed by atoms with Gasteiger partial charge in [0, 0.05) is 30.4 Å². The third-order valence-corrected chi connectivity index (χ3v) is 5.05. The van der Waals surface area contributed by atoms with Gasteiger partial charge >= 0.3 is 6.03 Å². The van der Waals surface area contributed by atoms with Gasteiger partial charge in [0.2, 0.25) is 0 Å². The number of halogens is 2. The summed E-state index contributed by atoms with van der Waals surface area (Å²) >= 11 is 11.8. The fourth-order valence-corrected chi connectivity index (χ4v) is 3.21. The van der Waals surface area contributed by atoms with E-state index in [1.807, 2.05) is 35.2 Å². The maximum Gasteiger partial charge on any atom is 0.319 e. The highest BCUT2D eigenvalue weighted by Gasteiger charge is 2.24. The molecule has 0 spiro atoms. The number of nitrogens with one attached hydrogen (secondary N) is 2. The second-order valence-corrected chi connectivity index (χ2v) is 6.97. The number of piperidine rings is 1. The Morgan fingerprint density at radius 1 is 0.962 bits per heavy atom. The second-order valence-electron chi connectivity index (χ2n) is 6.16. The molecular formula is C19H19Cl2N3O2. The van der Waals surface area contributed by atoms with E-state index in [-0.39, 0.29) is 18.0 Å². The molecule has 7 heteroatoms. The topological polar surface area (TPSA) is 61.4 Å². The molecular weight excluding hydrogens is 373 g/mol. The van der Waals surface area contributed by atoms with Crippen LogP contribution in [0.4, 0.5) is 10.5 Å². The van der Waals surface area contributed by atoms with Crippen molar-refractivity contribution in [3.8, 4) is 0 Å². The summed E-state index contributed by atoms with van der Waals surface area (Å²) in [4.78, 5) is 26.4. The number of likely N-dealkylation sites (tertiary alicyclic amines) is 1. The van der Waals surface area contributed by atoms with Crippen molar-refractivity contribution in [2.45, 2.75) is 18.9 Å². The third-order valence-electron chi connectivity index (χ3n) is 4.32. The number of amides is 3. The highest BCUT2D eigenvalue weighted by Crippen LogP contribution is 2.25. The molecule has 5 nitrogen and oxygen atoms in total. The van der Waals surface area contributed by atoms with Gasteiger partial charge in [-0.15, -0.1) is 0 Å². The Bertz CT molecular complexity index is 791. The van der Waals surface area contributed by atoms with Crippen molar-refractivity contribution in [2.75, 3.05) is 18.4 Å². The molecule has 0 aliphatic carbocycles. The molecule has 1 aliphatic heterocycles. The molecule has 1 aliphatic rings. The molecule has 2 aromatic rings. The van der Waals surface area contributed by atoms with E-state index in [0.29, 0.717) is 47.2 Å². The number of benzene rings is 2. The van der Waals surface area contributed by atoms with Gasteiger partial charge in [0.15, 0.2) is 0 Å². The van der Waals surface area contributed by atoms with E-state index in [1.54, 1.807) is 18.2 Å². The minimum Gasteiger partial charge on any atom is -0.338 e. The monoisotopic (exact) mass is 391 g/mol. The molecule has 0 atom stereocenters. The van der Waals surface area contributed by atoms with Gasteiger partial charge in [-0.05, 0) is 43.2 Å². The van der Waals surface area contributed by atoms with Crippen LogP contribution in [0.2, 0.25) is 10.0 Å². The van der Waals surface area contributed by atoms with E-state index < -0.39 is 0 Å². The lowest BCUT2D eigenvalue weighted by Gasteiger charge is -2.32. The van der Waals surface area contributed by atoms with E-state index in [4.69, 9.17) is 23.2 Å². The van der Waals surface area contributed by atoms with Crippen LogP contribution in [0.3, 0.4) is 0 Å². The minimum atomic E-state index is -0.295. The fraction of sp³-hybridized carbons (Fsp3) is 0.263. The van der Waals surface area contributed by atoms with Crippen LogP contribution in [0.5, 0.6) is 0 Å². The van der Waals surface area contributed by atoms with Gasteiger partial charge in [0.25, 0.3) is 5.91 Å². The summed E-state index contributed by atoms with van der Waals surface area (Å²) in [6, 6.07) is 13.9. The Morgan fingerprint density at radius 2 is 1.65 bits per heavy atom. The summed E-state index contributed by atoms with van der Waals surface area (Å²) in [6.45, 7) is 1.23. The van der Waals surface area contributed by atoms with Crippen molar-refractivity contribution >= 4 is 40.8 Å². The van der Waals surface area contributed by atoms with Crippen LogP contribution >= 0.6 is 23.2 Å². The van der Waals surface area contributed by atoms with E-state index in [1.165, 1.54) is 0 Å². The maximum absolute atomic E-state index is 12.4. The fourth-order valence-electron chi connectivity index (χ4n) is 2.92. The quantitative estimate of drug-likeness (QED) is 0.813. The zero-order valence-electron chi connectivity index (χ0n) is 14.0. The Balaban J connectivity index is 1.48. The molecule has 136 valence electrons. The summed E-state index contributed by atoms with van der Waals surface area (Å²) in [5.74, 6) is 0.0318. The first-order valence-corrected chi connectivity index (χ1v) is 9.15. The standard InChI is InChI=1S/C19H19Cl2N3O2/c20-16-7-6-15(12-17(16)21)23-19(26)22-14-8-10-24(11-9-14)18(25)13-4-2-1-3-5-13/h1-7,12,14H,8-11H2,(H2,22,23,26). The van der Waals surface area contributed by atoms with Crippen molar-refractivity contribution in [2.24, 2.45) is 0 Å². The minimum absolute atomic E-state index is 0.0256. The van der Waals surface area contributed by atoms with Gasteiger partial charge in [-0.1, -0.05) is 41.4 Å². The molecule has 2 N–H and O–H groups in total. The summed E-state index contributed by atoms with van der Waals surface area (Å²) in [6.07, 6.45) is 1.43. The largest absolute Gasteiger partial charge is 0.338 e. The van der Waals surface area contributed by atoms with Crippen LogP contribution in [0.15, 0.2) is 48.5 Å². The van der Waals surface area contributed by atoms with Gasteiger partial charge < -0.3 is 15.5 Å². The Hall–Kier alpha value is -2.24. The molecule has 0 saturated carbocycles. The van der Waals surface area contributed by atoms with E-state index in [9.17, 15) is 9.59 Å². The summed E-state index contributed by atoms with van der Waals surface area (Å²) < 4.78 is 0. The summed E-state index contributed by atoms with van der Waals surface area (Å²) in [5.41, 5.74) is 1.27. The normalized spacial score (nSPS) is 14.8. The average molecular weight is 392 g/mol. The predicted molar refractivity (Wildman–Crippen MR) is 104 cm³/mol. The smallest absolute Gasteiger partial charge is 0.319 e. The zero-order chi connectivity index (χ0) is 18.5. The molecule has 1 saturated heterocycles. The molecule has 1 heterocycles. The zero-order valence-corrected chi connectivity index (χ0v) is 15.6. The lowest BCUT2D eigenvalue weighted by molar-refractivity contribution is 0.0709. The van der Waals surface area contributed by atoms with E-state index in [0.717, 1.165) is 0 Å². The lowest BCUT2D eigenvalue weighted by atomic mass is 10.0. The third kappa shape index (κ3) is 4.68. The van der Waals surface area contributed by atoms with Crippen LogP contribution in [0, 0.1) is 0 Å². The second kappa shape index (κ2) is 8.43. The maximum atomic E-state index is 12.4. The molecule has 1 fully saturated rings. The summed E-state index contributed by atoms with van der Waals surface area (Å²) in [7, 11) is 0. The first-order chi connectivity index (χ1) is 12.5. The SMILES string of the molecule is O=C(Nc1ccc(Cl)c(Cl)c1)NC1CCN(C(=O)c2ccccc2)CC1. The number of urea groups is 1. The summed E-state index contributed by atoms with van der Waals surface area (Å²) in [5, 5.41) is 6.50. The average Bonchev–Trinajstić information content (AvgIpc) is 2.65.